The average Bonchev–Trinajstić information content (AvgIpc) is 2.15. The summed E-state index contributed by atoms with van der Waals surface area (Å²) in [4.78, 5) is 8.65. The summed E-state index contributed by atoms with van der Waals surface area (Å²) >= 11 is 0. The first-order valence-electron chi connectivity index (χ1n) is 5.45. The Kier molecular flexibility index (Phi) is 3.16. The van der Waals surface area contributed by atoms with Gasteiger partial charge in [0.2, 0.25) is 0 Å². The lowest BCUT2D eigenvalue weighted by Crippen LogP contribution is -2.13. The van der Waals surface area contributed by atoms with E-state index in [4.69, 9.17) is 10.5 Å². The highest BCUT2D eigenvalue weighted by Gasteiger charge is 2.22. The molecule has 0 radical (unpaired) electrons. The second kappa shape index (κ2) is 4.57. The highest BCUT2D eigenvalue weighted by atomic mass is 16.5. The summed E-state index contributed by atoms with van der Waals surface area (Å²) in [5, 5.41) is 0. The molecule has 0 aliphatic heterocycles. The molecule has 1 aromatic rings. The minimum Gasteiger partial charge on any atom is -0.467 e. The first-order valence-corrected chi connectivity index (χ1v) is 5.45. The van der Waals surface area contributed by atoms with Crippen LogP contribution in [0.4, 0.5) is 0 Å². The van der Waals surface area contributed by atoms with E-state index >= 15 is 0 Å². The molecule has 1 aliphatic rings. The Morgan fingerprint density at radius 1 is 1.47 bits per heavy atom. The zero-order valence-corrected chi connectivity index (χ0v) is 9.07. The molecule has 82 valence electrons. The zero-order valence-electron chi connectivity index (χ0n) is 9.07. The summed E-state index contributed by atoms with van der Waals surface area (Å²) < 4.78 is 5.10. The maximum absolute atomic E-state index is 5.52. The Bertz CT molecular complexity index is 337. The molecular formula is C11H17N3O. The summed E-state index contributed by atoms with van der Waals surface area (Å²) in [6.07, 6.45) is 4.58. The van der Waals surface area contributed by atoms with Crippen LogP contribution in [0.3, 0.4) is 0 Å². The van der Waals surface area contributed by atoms with Crippen molar-refractivity contribution in [2.75, 3.05) is 13.7 Å². The quantitative estimate of drug-likeness (QED) is 0.807. The van der Waals surface area contributed by atoms with E-state index in [1.165, 1.54) is 19.3 Å². The highest BCUT2D eigenvalue weighted by molar-refractivity contribution is 5.19. The fourth-order valence-electron chi connectivity index (χ4n) is 1.77. The van der Waals surface area contributed by atoms with Crippen molar-refractivity contribution in [1.29, 1.82) is 0 Å². The third-order valence-electron chi connectivity index (χ3n) is 2.88. The van der Waals surface area contributed by atoms with Crippen LogP contribution in [0.1, 0.15) is 36.6 Å². The Balaban J connectivity index is 2.23. The molecule has 2 N–H and O–H groups in total. The lowest BCUT2D eigenvalue weighted by molar-refractivity contribution is 0.362. The van der Waals surface area contributed by atoms with Gasteiger partial charge in [0.1, 0.15) is 0 Å². The minimum absolute atomic E-state index is 0.475. The molecule has 0 unspecified atom stereocenters. The largest absolute Gasteiger partial charge is 0.467 e. The van der Waals surface area contributed by atoms with Crippen LogP contribution >= 0.6 is 0 Å². The van der Waals surface area contributed by atoms with Crippen LogP contribution in [-0.2, 0) is 6.42 Å². The van der Waals surface area contributed by atoms with E-state index in [2.05, 4.69) is 16.0 Å². The van der Waals surface area contributed by atoms with Gasteiger partial charge in [0.25, 0.3) is 0 Å². The number of hydrogen-bond donors (Lipinski definition) is 1. The number of methoxy groups -OCH3 is 1. The molecule has 15 heavy (non-hydrogen) atoms. The van der Waals surface area contributed by atoms with Crippen molar-refractivity contribution < 1.29 is 4.74 Å². The molecule has 4 nitrogen and oxygen atoms in total. The number of aromatic nitrogens is 2. The second-order valence-electron chi connectivity index (χ2n) is 3.94. The molecular weight excluding hydrogens is 190 g/mol. The maximum atomic E-state index is 5.52. The molecule has 1 heterocycles. The van der Waals surface area contributed by atoms with E-state index < -0.39 is 0 Å². The molecule has 0 spiro atoms. The van der Waals surface area contributed by atoms with E-state index in [0.29, 0.717) is 18.5 Å². The SMILES string of the molecule is COc1nc(CCN)cc(C2CCC2)n1. The first-order chi connectivity index (χ1) is 7.33. The van der Waals surface area contributed by atoms with E-state index in [1.54, 1.807) is 7.11 Å². The molecule has 2 rings (SSSR count). The zero-order chi connectivity index (χ0) is 10.7. The van der Waals surface area contributed by atoms with Gasteiger partial charge >= 0.3 is 6.01 Å². The van der Waals surface area contributed by atoms with Gasteiger partial charge < -0.3 is 10.5 Å². The van der Waals surface area contributed by atoms with Gasteiger partial charge in [-0.3, -0.25) is 0 Å². The van der Waals surface area contributed by atoms with Crippen LogP contribution in [0, 0.1) is 0 Å². The Labute approximate surface area is 89.9 Å². The molecule has 0 bridgehead atoms. The Morgan fingerprint density at radius 3 is 2.80 bits per heavy atom. The summed E-state index contributed by atoms with van der Waals surface area (Å²) in [5.41, 5.74) is 7.64. The maximum Gasteiger partial charge on any atom is 0.316 e. The van der Waals surface area contributed by atoms with Crippen LogP contribution < -0.4 is 10.5 Å². The second-order valence-corrected chi connectivity index (χ2v) is 3.94. The smallest absolute Gasteiger partial charge is 0.316 e. The Hall–Kier alpha value is -1.16. The molecule has 0 atom stereocenters. The van der Waals surface area contributed by atoms with Crippen LogP contribution in [0.2, 0.25) is 0 Å². The predicted octanol–water partition coefficient (Wildman–Crippen LogP) is 1.25. The summed E-state index contributed by atoms with van der Waals surface area (Å²) in [6, 6.07) is 2.54. The number of nitrogens with two attached hydrogens (primary N) is 1. The number of nitrogens with zero attached hydrogens (tertiary/aromatic N) is 2. The van der Waals surface area contributed by atoms with Gasteiger partial charge in [-0.15, -0.1) is 0 Å². The highest BCUT2D eigenvalue weighted by Crippen LogP contribution is 2.35. The fourth-order valence-corrected chi connectivity index (χ4v) is 1.77. The molecule has 0 aromatic carbocycles. The van der Waals surface area contributed by atoms with Gasteiger partial charge in [0, 0.05) is 18.0 Å². The van der Waals surface area contributed by atoms with Crippen LogP contribution in [0.25, 0.3) is 0 Å². The topological polar surface area (TPSA) is 61.0 Å². The van der Waals surface area contributed by atoms with Gasteiger partial charge in [-0.1, -0.05) is 6.42 Å². The van der Waals surface area contributed by atoms with Gasteiger partial charge in [-0.2, -0.15) is 4.98 Å². The van der Waals surface area contributed by atoms with E-state index in [9.17, 15) is 0 Å². The summed E-state index contributed by atoms with van der Waals surface area (Å²) in [6.45, 7) is 0.615. The van der Waals surface area contributed by atoms with Crippen molar-refractivity contribution in [2.24, 2.45) is 5.73 Å². The van der Waals surface area contributed by atoms with Crippen molar-refractivity contribution in [3.8, 4) is 6.01 Å². The van der Waals surface area contributed by atoms with Crippen molar-refractivity contribution in [2.45, 2.75) is 31.6 Å². The van der Waals surface area contributed by atoms with Crippen LogP contribution in [0.15, 0.2) is 6.07 Å². The summed E-state index contributed by atoms with van der Waals surface area (Å²) in [7, 11) is 1.60. The summed E-state index contributed by atoms with van der Waals surface area (Å²) in [5.74, 6) is 0.610. The molecule has 1 aliphatic carbocycles. The van der Waals surface area contributed by atoms with Crippen molar-refractivity contribution in [3.63, 3.8) is 0 Å². The number of ether oxygens (including phenoxy) is 1. The van der Waals surface area contributed by atoms with Gasteiger partial charge in [-0.05, 0) is 25.5 Å². The lowest BCUT2D eigenvalue weighted by Gasteiger charge is -2.25. The standard InChI is InChI=1S/C11H17N3O/c1-15-11-13-9(5-6-12)7-10(14-11)8-3-2-4-8/h7-8H,2-6,12H2,1H3. The average molecular weight is 207 g/mol. The monoisotopic (exact) mass is 207 g/mol. The van der Waals surface area contributed by atoms with Crippen molar-refractivity contribution in [3.05, 3.63) is 17.5 Å². The minimum atomic E-state index is 0.475. The normalized spacial score (nSPS) is 16.1. The van der Waals surface area contributed by atoms with E-state index in [-0.39, 0.29) is 0 Å². The third kappa shape index (κ3) is 2.26. The van der Waals surface area contributed by atoms with Crippen molar-refractivity contribution in [1.82, 2.24) is 9.97 Å². The molecule has 1 aromatic heterocycles. The van der Waals surface area contributed by atoms with E-state index in [0.717, 1.165) is 17.8 Å². The molecule has 1 saturated carbocycles. The Morgan fingerprint density at radius 2 is 2.27 bits per heavy atom. The van der Waals surface area contributed by atoms with E-state index in [1.807, 2.05) is 0 Å². The fraction of sp³-hybridized carbons (Fsp3) is 0.636. The predicted molar refractivity (Wildman–Crippen MR) is 57.9 cm³/mol. The molecule has 1 fully saturated rings. The van der Waals surface area contributed by atoms with Crippen molar-refractivity contribution >= 4 is 0 Å². The van der Waals surface area contributed by atoms with Gasteiger partial charge in [-0.25, -0.2) is 4.98 Å². The van der Waals surface area contributed by atoms with Crippen LogP contribution in [0.5, 0.6) is 6.01 Å². The first kappa shape index (κ1) is 10.4. The molecule has 0 saturated heterocycles. The van der Waals surface area contributed by atoms with Crippen LogP contribution in [-0.4, -0.2) is 23.6 Å². The molecule has 4 heteroatoms. The van der Waals surface area contributed by atoms with Gasteiger partial charge in [0.15, 0.2) is 0 Å². The third-order valence-corrected chi connectivity index (χ3v) is 2.88. The lowest BCUT2D eigenvalue weighted by atomic mass is 9.82. The number of hydrogen-bond acceptors (Lipinski definition) is 4. The number of rotatable bonds is 4. The van der Waals surface area contributed by atoms with Gasteiger partial charge in [0.05, 0.1) is 12.8 Å². The molecule has 0 amide bonds.